The number of benzene rings is 2. The Balaban J connectivity index is 1.21. The molecule has 11 nitrogen and oxygen atoms in total. The standard InChI is InChI=1S/C38H44N6O5S/c1-41-18-25-10-11-26(19-41)44(25)37(46)38-17-31(38)30-16-27(49-3)12-14-28(30)35-34(23-7-5-4-6-8-23)29-13-9-24(15-32(29)43(35)21-38)36(45)40-50(47,48)33-20-42(2)22-39-33/h9,12-16,20,22-23,25-26,31H,4-8,10-11,17-19,21H2,1-3H3,(H,40,45). The van der Waals surface area contributed by atoms with Crippen molar-refractivity contribution in [1.82, 2.24) is 28.6 Å². The van der Waals surface area contributed by atoms with E-state index in [1.54, 1.807) is 20.2 Å². The second-order valence-corrected chi connectivity index (χ2v) is 17.0. The van der Waals surface area contributed by atoms with Crippen molar-refractivity contribution in [3.63, 3.8) is 0 Å². The molecule has 3 aliphatic heterocycles. The van der Waals surface area contributed by atoms with E-state index in [9.17, 15) is 13.2 Å². The SMILES string of the molecule is COc1ccc2c(c1)C1CC1(C(=O)N1C3CCC1CN(C)C3)Cn1c-2c(C2CCCCC2)c2ccc(C(=O)NS(=O)(=O)c3cn(C)cn3)cc21. The molecule has 5 aliphatic rings. The van der Waals surface area contributed by atoms with Crippen LogP contribution in [0.3, 0.4) is 0 Å². The second-order valence-electron chi connectivity index (χ2n) is 15.4. The van der Waals surface area contributed by atoms with Gasteiger partial charge in [0.05, 0.1) is 24.5 Å². The first-order chi connectivity index (χ1) is 24.1. The Morgan fingerprint density at radius 2 is 1.74 bits per heavy atom. The first-order valence-corrected chi connectivity index (χ1v) is 19.5. The van der Waals surface area contributed by atoms with Gasteiger partial charge >= 0.3 is 0 Å². The number of ether oxygens (including phenoxy) is 1. The molecule has 2 aliphatic carbocycles. The van der Waals surface area contributed by atoms with Gasteiger partial charge in [0, 0.05) is 72.9 Å². The maximum atomic E-state index is 15.0. The minimum atomic E-state index is -4.17. The van der Waals surface area contributed by atoms with Crippen molar-refractivity contribution in [2.24, 2.45) is 12.5 Å². The summed E-state index contributed by atoms with van der Waals surface area (Å²) in [6, 6.07) is 12.3. The van der Waals surface area contributed by atoms with Crippen LogP contribution in [0.15, 0.2) is 53.9 Å². The molecule has 2 amide bonds. The molecule has 0 radical (unpaired) electrons. The molecule has 50 heavy (non-hydrogen) atoms. The third-order valence-corrected chi connectivity index (χ3v) is 13.5. The average molecular weight is 697 g/mol. The number of likely N-dealkylation sites (N-methyl/N-ethyl adjacent to an activating group) is 1. The number of nitrogens with zero attached hydrogens (tertiary/aromatic N) is 5. The van der Waals surface area contributed by atoms with E-state index in [1.807, 2.05) is 18.2 Å². The van der Waals surface area contributed by atoms with Gasteiger partial charge in [0.25, 0.3) is 15.9 Å². The molecule has 5 heterocycles. The molecular formula is C38H44N6O5S. The van der Waals surface area contributed by atoms with Crippen molar-refractivity contribution in [2.45, 2.75) is 86.9 Å². The molecule has 0 spiro atoms. The van der Waals surface area contributed by atoms with Crippen LogP contribution in [0.5, 0.6) is 5.75 Å². The van der Waals surface area contributed by atoms with Crippen molar-refractivity contribution in [3.8, 4) is 17.0 Å². The van der Waals surface area contributed by atoms with Gasteiger partial charge in [-0.2, -0.15) is 8.42 Å². The zero-order valence-corrected chi connectivity index (χ0v) is 29.7. The van der Waals surface area contributed by atoms with Crippen LogP contribution in [0, 0.1) is 5.41 Å². The topological polar surface area (TPSA) is 119 Å². The van der Waals surface area contributed by atoms with Crippen LogP contribution in [0.1, 0.15) is 84.7 Å². The second kappa shape index (κ2) is 11.4. The van der Waals surface area contributed by atoms with Crippen molar-refractivity contribution >= 4 is 32.7 Å². The molecule has 2 bridgehead atoms. The molecule has 262 valence electrons. The molecule has 2 aromatic heterocycles. The number of hydrogen-bond donors (Lipinski definition) is 1. The lowest BCUT2D eigenvalue weighted by Gasteiger charge is -2.41. The van der Waals surface area contributed by atoms with Gasteiger partial charge in [0.15, 0.2) is 5.03 Å². The van der Waals surface area contributed by atoms with Crippen molar-refractivity contribution in [2.75, 3.05) is 27.2 Å². The normalized spacial score (nSPS) is 26.2. The van der Waals surface area contributed by atoms with Gasteiger partial charge in [0.1, 0.15) is 5.75 Å². The van der Waals surface area contributed by atoms with Crippen LogP contribution < -0.4 is 9.46 Å². The van der Waals surface area contributed by atoms with Gasteiger partial charge in [0.2, 0.25) is 5.91 Å². The number of piperazine rings is 1. The molecule has 4 atom stereocenters. The van der Waals surface area contributed by atoms with Gasteiger partial charge in [-0.05, 0) is 86.5 Å². The Labute approximate surface area is 292 Å². The zero-order chi connectivity index (χ0) is 34.5. The van der Waals surface area contributed by atoms with Crippen LogP contribution in [0.2, 0.25) is 0 Å². The van der Waals surface area contributed by atoms with Gasteiger partial charge in [-0.25, -0.2) is 9.71 Å². The molecule has 2 aromatic carbocycles. The van der Waals surface area contributed by atoms with E-state index in [0.717, 1.165) is 91.5 Å². The number of likely N-dealkylation sites (tertiary alicyclic amines) is 1. The van der Waals surface area contributed by atoms with Gasteiger partial charge < -0.3 is 23.7 Å². The number of hydrogen-bond acceptors (Lipinski definition) is 7. The number of aromatic nitrogens is 3. The van der Waals surface area contributed by atoms with E-state index in [4.69, 9.17) is 4.74 Å². The number of rotatable bonds is 6. The van der Waals surface area contributed by atoms with E-state index in [-0.39, 0.29) is 34.5 Å². The minimum absolute atomic E-state index is 0.0586. The van der Waals surface area contributed by atoms with E-state index in [0.29, 0.717) is 12.5 Å². The lowest BCUT2D eigenvalue weighted by Crippen LogP contribution is -2.57. The first kappa shape index (κ1) is 31.8. The highest BCUT2D eigenvalue weighted by molar-refractivity contribution is 7.90. The Bertz CT molecular complexity index is 2150. The van der Waals surface area contributed by atoms with Crippen LogP contribution in [0.4, 0.5) is 0 Å². The highest BCUT2D eigenvalue weighted by Gasteiger charge is 2.65. The van der Waals surface area contributed by atoms with Crippen LogP contribution in [0.25, 0.3) is 22.2 Å². The Morgan fingerprint density at radius 1 is 0.980 bits per heavy atom. The number of amides is 2. The fraction of sp³-hybridized carbons (Fsp3) is 0.500. The average Bonchev–Trinajstić information content (AvgIpc) is 3.39. The molecule has 9 rings (SSSR count). The minimum Gasteiger partial charge on any atom is -0.497 e. The van der Waals surface area contributed by atoms with E-state index < -0.39 is 21.3 Å². The summed E-state index contributed by atoms with van der Waals surface area (Å²) in [6.45, 7) is 2.31. The number of fused-ring (bicyclic) bond motifs is 9. The quantitative estimate of drug-likeness (QED) is 0.301. The summed E-state index contributed by atoms with van der Waals surface area (Å²) < 4.78 is 38.0. The molecule has 2 saturated carbocycles. The molecular weight excluding hydrogens is 653 g/mol. The number of imidazole rings is 1. The third kappa shape index (κ3) is 4.85. The number of nitrogens with one attached hydrogen (secondary N) is 1. The maximum absolute atomic E-state index is 15.0. The fourth-order valence-corrected chi connectivity index (χ4v) is 10.8. The Hall–Kier alpha value is -4.16. The van der Waals surface area contributed by atoms with E-state index in [2.05, 4.69) is 43.3 Å². The highest BCUT2D eigenvalue weighted by Crippen LogP contribution is 2.66. The van der Waals surface area contributed by atoms with Crippen LogP contribution in [-0.2, 0) is 28.4 Å². The summed E-state index contributed by atoms with van der Waals surface area (Å²) in [4.78, 5) is 37.2. The summed E-state index contributed by atoms with van der Waals surface area (Å²) in [6.07, 6.45) is 11.3. The van der Waals surface area contributed by atoms with Gasteiger partial charge in [-0.3, -0.25) is 9.59 Å². The largest absolute Gasteiger partial charge is 0.497 e. The van der Waals surface area contributed by atoms with Gasteiger partial charge in [-0.1, -0.05) is 25.3 Å². The molecule has 4 unspecified atom stereocenters. The van der Waals surface area contributed by atoms with Crippen molar-refractivity contribution in [3.05, 3.63) is 65.6 Å². The molecule has 1 N–H and O–H groups in total. The predicted molar refractivity (Wildman–Crippen MR) is 189 cm³/mol. The molecule has 2 saturated heterocycles. The highest BCUT2D eigenvalue weighted by atomic mass is 32.2. The predicted octanol–water partition coefficient (Wildman–Crippen LogP) is 5.01. The molecule has 4 fully saturated rings. The third-order valence-electron chi connectivity index (χ3n) is 12.3. The maximum Gasteiger partial charge on any atom is 0.283 e. The summed E-state index contributed by atoms with van der Waals surface area (Å²) >= 11 is 0. The monoisotopic (exact) mass is 696 g/mol. The number of methoxy groups -OCH3 is 1. The smallest absolute Gasteiger partial charge is 0.283 e. The fourth-order valence-electron chi connectivity index (χ4n) is 9.89. The number of carbonyl (C=O) groups excluding carboxylic acids is 2. The zero-order valence-electron chi connectivity index (χ0n) is 28.9. The molecule has 12 heteroatoms. The lowest BCUT2D eigenvalue weighted by atomic mass is 9.81. The van der Waals surface area contributed by atoms with Gasteiger partial charge in [-0.15, -0.1) is 0 Å². The lowest BCUT2D eigenvalue weighted by molar-refractivity contribution is -0.143. The summed E-state index contributed by atoms with van der Waals surface area (Å²) in [7, 11) is 1.35. The summed E-state index contributed by atoms with van der Waals surface area (Å²) in [5.74, 6) is 0.726. The Morgan fingerprint density at radius 3 is 2.44 bits per heavy atom. The molecule has 4 aromatic rings. The number of carbonyl (C=O) groups is 2. The Kier molecular flexibility index (Phi) is 7.27. The summed E-state index contributed by atoms with van der Waals surface area (Å²) in [5, 5.41) is 0.856. The number of aryl methyl sites for hydroxylation is 1. The van der Waals surface area contributed by atoms with Crippen LogP contribution in [-0.4, -0.2) is 83.5 Å². The number of sulfonamides is 1. The first-order valence-electron chi connectivity index (χ1n) is 18.0. The van der Waals surface area contributed by atoms with Crippen molar-refractivity contribution < 1.29 is 22.7 Å². The van der Waals surface area contributed by atoms with Crippen LogP contribution >= 0.6 is 0 Å². The van der Waals surface area contributed by atoms with E-state index in [1.165, 1.54) is 29.1 Å². The van der Waals surface area contributed by atoms with Crippen molar-refractivity contribution in [1.29, 1.82) is 0 Å². The van der Waals surface area contributed by atoms with E-state index >= 15 is 4.79 Å². The summed E-state index contributed by atoms with van der Waals surface area (Å²) in [5.41, 5.74) is 5.20.